The maximum Gasteiger partial charge on any atom is 0.135 e. The van der Waals surface area contributed by atoms with Crippen LogP contribution in [0.3, 0.4) is 0 Å². The molecule has 30 heavy (non-hydrogen) atoms. The Morgan fingerprint density at radius 1 is 1.23 bits per heavy atom. The lowest BCUT2D eigenvalue weighted by Gasteiger charge is -2.13. The van der Waals surface area contributed by atoms with E-state index in [9.17, 15) is 0 Å². The van der Waals surface area contributed by atoms with Gasteiger partial charge in [0.05, 0.1) is 16.9 Å². The molecule has 5 heteroatoms. The molecule has 5 nitrogen and oxygen atoms in total. The molecule has 150 valence electrons. The van der Waals surface area contributed by atoms with Crippen LogP contribution in [0.2, 0.25) is 0 Å². The van der Waals surface area contributed by atoms with Crippen LogP contribution in [0, 0.1) is 6.92 Å². The summed E-state index contributed by atoms with van der Waals surface area (Å²) in [7, 11) is 0. The second kappa shape index (κ2) is 7.76. The zero-order valence-corrected chi connectivity index (χ0v) is 17.1. The number of allylic oxidation sites excluding steroid dienone is 7. The van der Waals surface area contributed by atoms with Crippen molar-refractivity contribution in [1.82, 2.24) is 25.5 Å². The summed E-state index contributed by atoms with van der Waals surface area (Å²) in [5.74, 6) is 0. The average molecular weight is 396 g/mol. The van der Waals surface area contributed by atoms with Gasteiger partial charge in [0.25, 0.3) is 0 Å². The molecule has 0 spiro atoms. The van der Waals surface area contributed by atoms with E-state index in [2.05, 4.69) is 82.6 Å². The molecular weight excluding hydrogens is 370 g/mol. The van der Waals surface area contributed by atoms with E-state index in [0.29, 0.717) is 0 Å². The van der Waals surface area contributed by atoms with E-state index in [0.717, 1.165) is 65.3 Å². The molecule has 2 aliphatic rings. The molecule has 0 atom stereocenters. The molecule has 3 aromatic heterocycles. The van der Waals surface area contributed by atoms with Gasteiger partial charge in [0.1, 0.15) is 11.2 Å². The summed E-state index contributed by atoms with van der Waals surface area (Å²) in [5.41, 5.74) is 10.7. The van der Waals surface area contributed by atoms with Crippen molar-refractivity contribution in [3.8, 4) is 11.4 Å². The molecule has 0 fully saturated rings. The number of aryl methyl sites for hydroxylation is 1. The molecule has 0 amide bonds. The van der Waals surface area contributed by atoms with Crippen molar-refractivity contribution in [1.29, 1.82) is 0 Å². The van der Waals surface area contributed by atoms with E-state index in [-0.39, 0.29) is 0 Å². The summed E-state index contributed by atoms with van der Waals surface area (Å²) in [6.07, 6.45) is 14.7. The number of aromatic nitrogens is 4. The van der Waals surface area contributed by atoms with Gasteiger partial charge >= 0.3 is 0 Å². The van der Waals surface area contributed by atoms with Crippen LogP contribution in [0.1, 0.15) is 29.8 Å². The Bertz CT molecular complexity index is 1250. The fourth-order valence-electron chi connectivity index (χ4n) is 4.20. The van der Waals surface area contributed by atoms with Crippen LogP contribution >= 0.6 is 0 Å². The van der Waals surface area contributed by atoms with Crippen molar-refractivity contribution >= 4 is 22.2 Å². The smallest absolute Gasteiger partial charge is 0.135 e. The maximum atomic E-state index is 4.97. The highest BCUT2D eigenvalue weighted by atomic mass is 15.1. The van der Waals surface area contributed by atoms with Crippen LogP contribution in [0.15, 0.2) is 66.8 Å². The first kappa shape index (κ1) is 18.6. The van der Waals surface area contributed by atoms with Crippen LogP contribution in [0.5, 0.6) is 0 Å². The summed E-state index contributed by atoms with van der Waals surface area (Å²) in [6, 6.07) is 6.33. The minimum Gasteiger partial charge on any atom is -0.357 e. The van der Waals surface area contributed by atoms with Gasteiger partial charge in [0.2, 0.25) is 0 Å². The van der Waals surface area contributed by atoms with Crippen molar-refractivity contribution in [2.45, 2.75) is 19.8 Å². The minimum atomic E-state index is 0.852. The van der Waals surface area contributed by atoms with Gasteiger partial charge in [-0.3, -0.25) is 5.10 Å². The molecule has 3 aromatic rings. The van der Waals surface area contributed by atoms with Gasteiger partial charge in [-0.1, -0.05) is 43.0 Å². The number of nitrogens with zero attached hydrogens (tertiary/aromatic N) is 2. The van der Waals surface area contributed by atoms with Crippen molar-refractivity contribution in [2.75, 3.05) is 13.1 Å². The fraction of sp³-hybridized carbons (Fsp3) is 0.200. The molecule has 0 saturated carbocycles. The van der Waals surface area contributed by atoms with E-state index in [1.54, 1.807) is 0 Å². The lowest BCUT2D eigenvalue weighted by atomic mass is 9.98. The van der Waals surface area contributed by atoms with Gasteiger partial charge < -0.3 is 10.3 Å². The Morgan fingerprint density at radius 2 is 2.17 bits per heavy atom. The van der Waals surface area contributed by atoms with Gasteiger partial charge in [-0.15, -0.1) is 0 Å². The van der Waals surface area contributed by atoms with Crippen LogP contribution in [0.4, 0.5) is 0 Å². The Kier molecular flexibility index (Phi) is 4.81. The van der Waals surface area contributed by atoms with E-state index >= 15 is 0 Å². The van der Waals surface area contributed by atoms with Gasteiger partial charge in [-0.05, 0) is 61.2 Å². The normalized spacial score (nSPS) is 16.8. The number of rotatable bonds is 5. The molecule has 5 rings (SSSR count). The van der Waals surface area contributed by atoms with Crippen LogP contribution in [0.25, 0.3) is 33.6 Å². The Balaban J connectivity index is 1.58. The second-order valence-electron chi connectivity index (χ2n) is 7.68. The van der Waals surface area contributed by atoms with E-state index < -0.39 is 0 Å². The molecule has 4 heterocycles. The van der Waals surface area contributed by atoms with Crippen LogP contribution in [-0.2, 0) is 0 Å². The number of fused-ring (bicyclic) bond motifs is 1. The minimum absolute atomic E-state index is 0.852. The molecule has 1 aliphatic carbocycles. The topological polar surface area (TPSA) is 69.4 Å². The standard InChI is InChI=1S/C25H25N5/c1-3-6-19(17-7-4-5-8-17)20-15-23(27-16(20)2)25-24-22(29-30-25)10-9-21(28-24)18-11-13-26-14-12-18/h3-4,6-11,15,26-27H,1,5,12-14H2,2H3,(H,29,30)/b19-6-. The zero-order chi connectivity index (χ0) is 20.5. The van der Waals surface area contributed by atoms with Gasteiger partial charge in [0, 0.05) is 17.8 Å². The maximum absolute atomic E-state index is 4.97. The average Bonchev–Trinajstić information content (AvgIpc) is 3.52. The summed E-state index contributed by atoms with van der Waals surface area (Å²) >= 11 is 0. The van der Waals surface area contributed by atoms with Gasteiger partial charge in [-0.2, -0.15) is 5.10 Å². The third-order valence-electron chi connectivity index (χ3n) is 5.73. The summed E-state index contributed by atoms with van der Waals surface area (Å²) in [4.78, 5) is 8.50. The molecule has 0 radical (unpaired) electrons. The van der Waals surface area contributed by atoms with E-state index in [4.69, 9.17) is 4.98 Å². The van der Waals surface area contributed by atoms with Crippen LogP contribution < -0.4 is 5.32 Å². The Morgan fingerprint density at radius 3 is 2.93 bits per heavy atom. The van der Waals surface area contributed by atoms with E-state index in [1.165, 1.54) is 16.7 Å². The Hall–Kier alpha value is -3.44. The predicted molar refractivity (Wildman–Crippen MR) is 124 cm³/mol. The molecular formula is C25H25N5. The van der Waals surface area contributed by atoms with Gasteiger partial charge in [-0.25, -0.2) is 4.98 Å². The fourth-order valence-corrected chi connectivity index (χ4v) is 4.20. The largest absolute Gasteiger partial charge is 0.357 e. The first-order chi connectivity index (χ1) is 14.7. The zero-order valence-electron chi connectivity index (χ0n) is 17.1. The number of pyridine rings is 1. The second-order valence-corrected chi connectivity index (χ2v) is 7.68. The quantitative estimate of drug-likeness (QED) is 0.527. The summed E-state index contributed by atoms with van der Waals surface area (Å²) in [6.45, 7) is 7.89. The predicted octanol–water partition coefficient (Wildman–Crippen LogP) is 5.09. The third kappa shape index (κ3) is 3.27. The van der Waals surface area contributed by atoms with Crippen molar-refractivity contribution in [3.63, 3.8) is 0 Å². The van der Waals surface area contributed by atoms with Crippen molar-refractivity contribution in [3.05, 3.63) is 83.8 Å². The lowest BCUT2D eigenvalue weighted by molar-refractivity contribution is 0.737. The number of nitrogens with one attached hydrogen (secondary N) is 3. The van der Waals surface area contributed by atoms with E-state index in [1.807, 2.05) is 6.08 Å². The van der Waals surface area contributed by atoms with Gasteiger partial charge in [0.15, 0.2) is 0 Å². The highest BCUT2D eigenvalue weighted by Crippen LogP contribution is 2.34. The first-order valence-corrected chi connectivity index (χ1v) is 10.4. The molecule has 0 unspecified atom stereocenters. The highest BCUT2D eigenvalue weighted by molar-refractivity contribution is 5.92. The van der Waals surface area contributed by atoms with Crippen LogP contribution in [-0.4, -0.2) is 33.3 Å². The number of aromatic amines is 2. The molecule has 0 aromatic carbocycles. The van der Waals surface area contributed by atoms with Crippen molar-refractivity contribution in [2.24, 2.45) is 0 Å². The third-order valence-corrected chi connectivity index (χ3v) is 5.73. The molecule has 0 saturated heterocycles. The lowest BCUT2D eigenvalue weighted by Crippen LogP contribution is -2.20. The molecule has 3 N–H and O–H groups in total. The first-order valence-electron chi connectivity index (χ1n) is 10.4. The van der Waals surface area contributed by atoms with Crippen molar-refractivity contribution < 1.29 is 0 Å². The molecule has 0 bridgehead atoms. The number of H-pyrrole nitrogens is 2. The Labute approximate surface area is 176 Å². The SMILES string of the molecule is C=C/C=C(/C1=CCC=C1)c1cc(-c2n[nH]c3ccc(C4=CCNCC4)nc23)[nH]c1C. The summed E-state index contributed by atoms with van der Waals surface area (Å²) < 4.78 is 0. The highest BCUT2D eigenvalue weighted by Gasteiger charge is 2.18. The molecule has 1 aliphatic heterocycles. The summed E-state index contributed by atoms with van der Waals surface area (Å²) in [5, 5.41) is 11.1. The monoisotopic (exact) mass is 395 g/mol. The number of hydrogen-bond donors (Lipinski definition) is 3. The number of hydrogen-bond acceptors (Lipinski definition) is 3.